The summed E-state index contributed by atoms with van der Waals surface area (Å²) in [5.74, 6) is -0.382. The lowest BCUT2D eigenvalue weighted by atomic mass is 10.1. The molecule has 0 spiro atoms. The van der Waals surface area contributed by atoms with Crippen molar-refractivity contribution < 1.29 is 17.6 Å². The number of sulfone groups is 1. The Balaban J connectivity index is 1.45. The number of aromatic nitrogens is 3. The van der Waals surface area contributed by atoms with Gasteiger partial charge in [-0.05, 0) is 32.4 Å². The van der Waals surface area contributed by atoms with Crippen molar-refractivity contribution in [3.05, 3.63) is 50.7 Å². The summed E-state index contributed by atoms with van der Waals surface area (Å²) in [7, 11) is -1.32. The average molecular weight is 481 g/mol. The van der Waals surface area contributed by atoms with Crippen LogP contribution in [0.4, 0.5) is 0 Å². The maximum Gasteiger partial charge on any atom is 0.419 e. The zero-order chi connectivity index (χ0) is 23.2. The van der Waals surface area contributed by atoms with E-state index >= 15 is 0 Å². The Labute approximate surface area is 190 Å². The van der Waals surface area contributed by atoms with Gasteiger partial charge in [-0.2, -0.15) is 5.10 Å². The highest BCUT2D eigenvalue weighted by atomic mass is 35.5. The van der Waals surface area contributed by atoms with Gasteiger partial charge in [0.05, 0.1) is 28.8 Å². The zero-order valence-corrected chi connectivity index (χ0v) is 19.7. The molecule has 1 aliphatic rings. The van der Waals surface area contributed by atoms with Crippen LogP contribution in [0.1, 0.15) is 35.8 Å². The molecule has 9 nitrogen and oxygen atoms in total. The third-order valence-electron chi connectivity index (χ3n) is 6.03. The molecule has 1 amide bonds. The highest BCUT2D eigenvalue weighted by Gasteiger charge is 2.31. The number of amides is 1. The molecule has 1 aromatic carbocycles. The summed E-state index contributed by atoms with van der Waals surface area (Å²) >= 11 is 5.94. The highest BCUT2D eigenvalue weighted by molar-refractivity contribution is 7.91. The molecule has 0 aliphatic carbocycles. The summed E-state index contributed by atoms with van der Waals surface area (Å²) in [6.07, 6.45) is 0.678. The van der Waals surface area contributed by atoms with Crippen LogP contribution in [0.25, 0.3) is 11.1 Å². The van der Waals surface area contributed by atoms with Gasteiger partial charge in [-0.1, -0.05) is 11.6 Å². The Hall–Kier alpha value is -2.59. The molecule has 0 saturated carbocycles. The van der Waals surface area contributed by atoms with E-state index < -0.39 is 15.6 Å². The summed E-state index contributed by atoms with van der Waals surface area (Å²) in [5.41, 5.74) is 3.54. The van der Waals surface area contributed by atoms with Crippen LogP contribution in [0, 0.1) is 13.8 Å². The maximum absolute atomic E-state index is 12.8. The van der Waals surface area contributed by atoms with Gasteiger partial charge in [-0.25, -0.2) is 13.2 Å². The Morgan fingerprint density at radius 1 is 1.34 bits per heavy atom. The molecular weight excluding hydrogens is 456 g/mol. The van der Waals surface area contributed by atoms with E-state index in [0.29, 0.717) is 29.1 Å². The Morgan fingerprint density at radius 3 is 2.78 bits per heavy atom. The number of fused-ring (bicyclic) bond motifs is 1. The smallest absolute Gasteiger partial charge is 0.408 e. The van der Waals surface area contributed by atoms with E-state index in [1.807, 2.05) is 13.8 Å². The van der Waals surface area contributed by atoms with Crippen LogP contribution >= 0.6 is 11.6 Å². The van der Waals surface area contributed by atoms with Crippen LogP contribution in [-0.4, -0.2) is 52.1 Å². The van der Waals surface area contributed by atoms with Crippen LogP contribution in [0.2, 0.25) is 5.02 Å². The number of rotatable bonds is 6. The number of aryl methyl sites for hydroxylation is 2. The van der Waals surface area contributed by atoms with Crippen molar-refractivity contribution in [2.24, 2.45) is 0 Å². The number of oxazole rings is 1. The molecule has 0 radical (unpaired) electrons. The third-order valence-corrected chi connectivity index (χ3v) is 8.02. The number of hydrogen-bond donors (Lipinski definition) is 0. The first kappa shape index (κ1) is 22.6. The fourth-order valence-electron chi connectivity index (χ4n) is 4.23. The third kappa shape index (κ3) is 4.33. The minimum absolute atomic E-state index is 0.0990. The lowest BCUT2D eigenvalue weighted by molar-refractivity contribution is -0.130. The SMILES string of the molecule is Cc1nn([C@@H]2CCS(=O)(=O)C2)c(C)c1CN(C)C(=O)CCn1c(=O)oc2cc(Cl)ccc21. The fourth-order valence-corrected chi connectivity index (χ4v) is 6.08. The number of carbonyl (C=O) groups excluding carboxylic acids is 1. The van der Waals surface area contributed by atoms with Crippen molar-refractivity contribution in [3.8, 4) is 0 Å². The van der Waals surface area contributed by atoms with Crippen molar-refractivity contribution in [1.29, 1.82) is 0 Å². The van der Waals surface area contributed by atoms with Crippen molar-refractivity contribution in [1.82, 2.24) is 19.2 Å². The second-order valence-electron chi connectivity index (χ2n) is 8.28. The Kier molecular flexibility index (Phi) is 5.93. The second-order valence-corrected chi connectivity index (χ2v) is 10.9. The molecule has 4 rings (SSSR count). The number of halogens is 1. The van der Waals surface area contributed by atoms with Crippen LogP contribution in [0.5, 0.6) is 0 Å². The standard InChI is InChI=1S/C21H25ClN4O5S/c1-13-17(14(2)26(23-13)16-7-9-32(29,30)12-16)11-24(3)20(27)6-8-25-18-5-4-15(22)10-19(18)31-21(25)28/h4-5,10,16H,6-9,11-12H2,1-3H3/t16-/m1/s1. The van der Waals surface area contributed by atoms with Crippen LogP contribution in [-0.2, 0) is 27.7 Å². The van der Waals surface area contributed by atoms with Gasteiger partial charge in [0.1, 0.15) is 0 Å². The quantitative estimate of drug-likeness (QED) is 0.536. The molecule has 172 valence electrons. The molecule has 1 fully saturated rings. The van der Waals surface area contributed by atoms with Gasteiger partial charge in [-0.3, -0.25) is 14.0 Å². The van der Waals surface area contributed by atoms with Crippen LogP contribution < -0.4 is 5.76 Å². The molecule has 3 heterocycles. The maximum atomic E-state index is 12.8. The van der Waals surface area contributed by atoms with E-state index in [2.05, 4.69) is 5.10 Å². The molecule has 1 saturated heterocycles. The number of carbonyl (C=O) groups is 1. The summed E-state index contributed by atoms with van der Waals surface area (Å²) in [5, 5.41) is 5.02. The number of hydrogen-bond acceptors (Lipinski definition) is 6. The fraction of sp³-hybridized carbons (Fsp3) is 0.476. The Bertz CT molecular complexity index is 1350. The monoisotopic (exact) mass is 480 g/mol. The first-order chi connectivity index (χ1) is 15.1. The molecule has 1 atom stereocenters. The van der Waals surface area contributed by atoms with Gasteiger partial charge in [0.15, 0.2) is 15.4 Å². The van der Waals surface area contributed by atoms with Gasteiger partial charge in [0, 0.05) is 48.9 Å². The van der Waals surface area contributed by atoms with E-state index in [0.717, 1.165) is 17.0 Å². The lowest BCUT2D eigenvalue weighted by Gasteiger charge is -2.18. The van der Waals surface area contributed by atoms with E-state index in [-0.39, 0.29) is 36.4 Å². The van der Waals surface area contributed by atoms with Crippen LogP contribution in [0.15, 0.2) is 27.4 Å². The van der Waals surface area contributed by atoms with E-state index in [1.165, 1.54) is 4.57 Å². The van der Waals surface area contributed by atoms with Gasteiger partial charge in [-0.15, -0.1) is 0 Å². The summed E-state index contributed by atoms with van der Waals surface area (Å²) in [6, 6.07) is 4.77. The first-order valence-electron chi connectivity index (χ1n) is 10.3. The van der Waals surface area contributed by atoms with Crippen molar-refractivity contribution in [3.63, 3.8) is 0 Å². The molecule has 2 aromatic heterocycles. The van der Waals surface area contributed by atoms with Crippen molar-refractivity contribution in [2.45, 2.75) is 45.8 Å². The van der Waals surface area contributed by atoms with Gasteiger partial charge >= 0.3 is 5.76 Å². The normalized spacial score (nSPS) is 17.8. The molecule has 3 aromatic rings. The second kappa shape index (κ2) is 8.40. The van der Waals surface area contributed by atoms with Crippen molar-refractivity contribution in [2.75, 3.05) is 18.6 Å². The molecule has 11 heteroatoms. The lowest BCUT2D eigenvalue weighted by Crippen LogP contribution is -2.28. The predicted molar refractivity (Wildman–Crippen MR) is 121 cm³/mol. The molecule has 1 aliphatic heterocycles. The molecule has 32 heavy (non-hydrogen) atoms. The largest absolute Gasteiger partial charge is 0.419 e. The molecule has 0 unspecified atom stereocenters. The zero-order valence-electron chi connectivity index (χ0n) is 18.2. The molecular formula is C21H25ClN4O5S. The van der Waals surface area contributed by atoms with Gasteiger partial charge in [0.2, 0.25) is 5.91 Å². The van der Waals surface area contributed by atoms with E-state index in [4.69, 9.17) is 16.0 Å². The van der Waals surface area contributed by atoms with Crippen LogP contribution in [0.3, 0.4) is 0 Å². The number of benzene rings is 1. The average Bonchev–Trinajstić information content (AvgIpc) is 3.33. The van der Waals surface area contributed by atoms with E-state index in [1.54, 1.807) is 34.8 Å². The van der Waals surface area contributed by atoms with E-state index in [9.17, 15) is 18.0 Å². The molecule has 0 bridgehead atoms. The van der Waals surface area contributed by atoms with Crippen molar-refractivity contribution >= 4 is 38.4 Å². The molecule has 0 N–H and O–H groups in total. The summed E-state index contributed by atoms with van der Waals surface area (Å²) < 4.78 is 32.1. The summed E-state index contributed by atoms with van der Waals surface area (Å²) in [4.78, 5) is 26.5. The summed E-state index contributed by atoms with van der Waals surface area (Å²) in [6.45, 7) is 4.31. The Morgan fingerprint density at radius 2 is 2.09 bits per heavy atom. The van der Waals surface area contributed by atoms with Gasteiger partial charge < -0.3 is 9.32 Å². The topological polar surface area (TPSA) is 107 Å². The number of nitrogens with zero attached hydrogens (tertiary/aromatic N) is 4. The first-order valence-corrected chi connectivity index (χ1v) is 12.5. The predicted octanol–water partition coefficient (Wildman–Crippen LogP) is 2.47. The minimum atomic E-state index is -3.02. The van der Waals surface area contributed by atoms with Gasteiger partial charge in [0.25, 0.3) is 0 Å². The highest BCUT2D eigenvalue weighted by Crippen LogP contribution is 2.27. The minimum Gasteiger partial charge on any atom is -0.408 e.